The number of nitro benzene ring substituents is 1. The number of nitrogens with one attached hydrogen (secondary N) is 1. The third-order valence-electron chi connectivity index (χ3n) is 3.04. The van der Waals surface area contributed by atoms with Crippen LogP contribution in [-0.2, 0) is 9.53 Å². The van der Waals surface area contributed by atoms with Crippen molar-refractivity contribution in [2.45, 2.75) is 26.3 Å². The number of benzene rings is 1. The minimum atomic E-state index is -0.800. The molecule has 136 valence electrons. The fourth-order valence-corrected chi connectivity index (χ4v) is 2.04. The smallest absolute Gasteiger partial charge is 0.338 e. The number of non-ortho nitro benzene ring substituents is 1. The molecule has 0 heterocycles. The van der Waals surface area contributed by atoms with Crippen molar-refractivity contribution in [3.63, 3.8) is 0 Å². The lowest BCUT2D eigenvalue weighted by Crippen LogP contribution is -2.46. The van der Waals surface area contributed by atoms with Gasteiger partial charge in [0.05, 0.1) is 24.1 Å². The van der Waals surface area contributed by atoms with Crippen LogP contribution in [0.2, 0.25) is 0 Å². The maximum absolute atomic E-state index is 12.5. The van der Waals surface area contributed by atoms with E-state index in [0.29, 0.717) is 0 Å². The van der Waals surface area contributed by atoms with Gasteiger partial charge in [-0.15, -0.1) is 0 Å². The van der Waals surface area contributed by atoms with E-state index in [1.54, 1.807) is 20.8 Å². The molecule has 1 aromatic carbocycles. The van der Waals surface area contributed by atoms with Gasteiger partial charge in [-0.25, -0.2) is 4.79 Å². The van der Waals surface area contributed by atoms with Crippen molar-refractivity contribution in [2.75, 3.05) is 20.7 Å². The molecule has 0 saturated carbocycles. The second-order valence-electron chi connectivity index (χ2n) is 6.48. The quantitative estimate of drug-likeness (QED) is 0.486. The Hall–Kier alpha value is -2.97. The minimum Gasteiger partial charge on any atom is -0.465 e. The van der Waals surface area contributed by atoms with Crippen molar-refractivity contribution in [3.05, 3.63) is 39.4 Å². The third kappa shape index (κ3) is 5.87. The Morgan fingerprint density at radius 2 is 1.76 bits per heavy atom. The average molecular weight is 351 g/mol. The third-order valence-corrected chi connectivity index (χ3v) is 3.04. The van der Waals surface area contributed by atoms with Crippen molar-refractivity contribution in [1.29, 1.82) is 0 Å². The molecule has 0 aliphatic heterocycles. The van der Waals surface area contributed by atoms with Crippen molar-refractivity contribution in [1.82, 2.24) is 10.2 Å². The van der Waals surface area contributed by atoms with Gasteiger partial charge in [0, 0.05) is 30.3 Å². The number of nitro groups is 1. The predicted octanol–water partition coefficient (Wildman–Crippen LogP) is 1.37. The molecule has 0 saturated heterocycles. The highest BCUT2D eigenvalue weighted by molar-refractivity contribution is 6.00. The fraction of sp³-hybridized carbons (Fsp3) is 0.438. The zero-order chi connectivity index (χ0) is 19.4. The highest BCUT2D eigenvalue weighted by Crippen LogP contribution is 2.19. The summed E-state index contributed by atoms with van der Waals surface area (Å²) in [5.41, 5.74) is -1.07. The van der Waals surface area contributed by atoms with Crippen LogP contribution in [0.4, 0.5) is 5.69 Å². The van der Waals surface area contributed by atoms with Gasteiger partial charge in [0.25, 0.3) is 11.6 Å². The number of rotatable bonds is 5. The number of carbonyl (C=O) groups excluding carboxylic acids is 3. The van der Waals surface area contributed by atoms with Gasteiger partial charge in [-0.1, -0.05) is 0 Å². The number of hydrogen-bond acceptors (Lipinski definition) is 6. The molecule has 0 unspecified atom stereocenters. The first-order chi connectivity index (χ1) is 11.4. The molecule has 0 bridgehead atoms. The predicted molar refractivity (Wildman–Crippen MR) is 89.3 cm³/mol. The van der Waals surface area contributed by atoms with E-state index in [2.05, 4.69) is 10.1 Å². The van der Waals surface area contributed by atoms with E-state index in [9.17, 15) is 24.5 Å². The Bertz CT molecular complexity index is 708. The van der Waals surface area contributed by atoms with Crippen LogP contribution >= 0.6 is 0 Å². The molecule has 25 heavy (non-hydrogen) atoms. The first-order valence-corrected chi connectivity index (χ1v) is 7.39. The standard InChI is InChI=1S/C16H21N3O6/c1-16(2,3)17-13(20)9-18(4)14(21)10-6-11(15(22)25-5)8-12(7-10)19(23)24/h6-8H,9H2,1-5H3,(H,17,20). The molecular formula is C16H21N3O6. The maximum Gasteiger partial charge on any atom is 0.338 e. The molecule has 0 aliphatic rings. The van der Waals surface area contributed by atoms with E-state index in [1.807, 2.05) is 0 Å². The molecular weight excluding hydrogens is 330 g/mol. The van der Waals surface area contributed by atoms with E-state index in [0.717, 1.165) is 24.1 Å². The topological polar surface area (TPSA) is 119 Å². The SMILES string of the molecule is COC(=O)c1cc(C(=O)N(C)CC(=O)NC(C)(C)C)cc([N+](=O)[O-])c1. The zero-order valence-corrected chi connectivity index (χ0v) is 14.8. The lowest BCUT2D eigenvalue weighted by molar-refractivity contribution is -0.384. The van der Waals surface area contributed by atoms with Crippen molar-refractivity contribution >= 4 is 23.5 Å². The van der Waals surface area contributed by atoms with Gasteiger partial charge >= 0.3 is 5.97 Å². The first-order valence-electron chi connectivity index (χ1n) is 7.39. The Morgan fingerprint density at radius 1 is 1.20 bits per heavy atom. The van der Waals surface area contributed by atoms with E-state index >= 15 is 0 Å². The largest absolute Gasteiger partial charge is 0.465 e. The molecule has 0 fully saturated rings. The average Bonchev–Trinajstić information content (AvgIpc) is 2.50. The van der Waals surface area contributed by atoms with Crippen molar-refractivity contribution < 1.29 is 24.0 Å². The molecule has 0 atom stereocenters. The van der Waals surface area contributed by atoms with Crippen molar-refractivity contribution in [2.24, 2.45) is 0 Å². The van der Waals surface area contributed by atoms with Gasteiger partial charge in [0.1, 0.15) is 0 Å². The molecule has 1 N–H and O–H groups in total. The van der Waals surface area contributed by atoms with Gasteiger partial charge in [-0.2, -0.15) is 0 Å². The summed E-state index contributed by atoms with van der Waals surface area (Å²) >= 11 is 0. The van der Waals surface area contributed by atoms with E-state index < -0.39 is 28.0 Å². The summed E-state index contributed by atoms with van der Waals surface area (Å²) in [5.74, 6) is -1.80. The highest BCUT2D eigenvalue weighted by atomic mass is 16.6. The van der Waals surface area contributed by atoms with Gasteiger partial charge < -0.3 is 15.0 Å². The molecule has 1 aromatic rings. The normalized spacial score (nSPS) is 10.8. The lowest BCUT2D eigenvalue weighted by atomic mass is 10.1. The van der Waals surface area contributed by atoms with Crippen LogP contribution in [0.15, 0.2) is 18.2 Å². The summed E-state index contributed by atoms with van der Waals surface area (Å²) in [7, 11) is 2.52. The number of hydrogen-bond donors (Lipinski definition) is 1. The number of amides is 2. The summed E-state index contributed by atoms with van der Waals surface area (Å²) in [6, 6.07) is 3.27. The van der Waals surface area contributed by atoms with Crippen LogP contribution in [0, 0.1) is 10.1 Å². The molecule has 2 amide bonds. The van der Waals surface area contributed by atoms with E-state index in [4.69, 9.17) is 0 Å². The molecule has 0 aromatic heterocycles. The maximum atomic E-state index is 12.5. The second-order valence-corrected chi connectivity index (χ2v) is 6.48. The highest BCUT2D eigenvalue weighted by Gasteiger charge is 2.22. The van der Waals surface area contributed by atoms with Gasteiger partial charge in [-0.05, 0) is 26.8 Å². The van der Waals surface area contributed by atoms with Crippen LogP contribution in [0.25, 0.3) is 0 Å². The van der Waals surface area contributed by atoms with Crippen LogP contribution in [0.5, 0.6) is 0 Å². The summed E-state index contributed by atoms with van der Waals surface area (Å²) in [5, 5.41) is 13.7. The van der Waals surface area contributed by atoms with Gasteiger partial charge in [0.15, 0.2) is 0 Å². The number of carbonyl (C=O) groups is 3. The Morgan fingerprint density at radius 3 is 2.24 bits per heavy atom. The Balaban J connectivity index is 3.07. The Kier molecular flexibility index (Phi) is 6.21. The molecule has 1 rings (SSSR count). The van der Waals surface area contributed by atoms with Crippen LogP contribution < -0.4 is 5.32 Å². The first kappa shape index (κ1) is 20.1. The van der Waals surface area contributed by atoms with Crippen LogP contribution in [-0.4, -0.2) is 53.8 Å². The minimum absolute atomic E-state index is 0.0827. The number of ether oxygens (including phenoxy) is 1. The second kappa shape index (κ2) is 7.73. The Labute approximate surface area is 145 Å². The van der Waals surface area contributed by atoms with Gasteiger partial charge in [0.2, 0.25) is 5.91 Å². The number of esters is 1. The monoisotopic (exact) mass is 351 g/mol. The number of methoxy groups -OCH3 is 1. The van der Waals surface area contributed by atoms with E-state index in [1.165, 1.54) is 13.1 Å². The molecule has 0 spiro atoms. The van der Waals surface area contributed by atoms with E-state index in [-0.39, 0.29) is 23.6 Å². The molecule has 9 nitrogen and oxygen atoms in total. The summed E-state index contributed by atoms with van der Waals surface area (Å²) < 4.78 is 4.54. The summed E-state index contributed by atoms with van der Waals surface area (Å²) in [6.45, 7) is 5.17. The van der Waals surface area contributed by atoms with Crippen molar-refractivity contribution in [3.8, 4) is 0 Å². The molecule has 0 aliphatic carbocycles. The van der Waals surface area contributed by atoms with Crippen LogP contribution in [0.1, 0.15) is 41.5 Å². The van der Waals surface area contributed by atoms with Gasteiger partial charge in [-0.3, -0.25) is 19.7 Å². The number of nitrogens with zero attached hydrogens (tertiary/aromatic N) is 2. The summed E-state index contributed by atoms with van der Waals surface area (Å²) in [4.78, 5) is 47.4. The molecule has 9 heteroatoms. The number of likely N-dealkylation sites (N-methyl/N-ethyl adjacent to an activating group) is 1. The lowest BCUT2D eigenvalue weighted by Gasteiger charge is -2.23. The molecule has 0 radical (unpaired) electrons. The summed E-state index contributed by atoms with van der Waals surface area (Å²) in [6.07, 6.45) is 0. The fourth-order valence-electron chi connectivity index (χ4n) is 2.04. The zero-order valence-electron chi connectivity index (χ0n) is 14.8. The van der Waals surface area contributed by atoms with Crippen LogP contribution in [0.3, 0.4) is 0 Å².